The topological polar surface area (TPSA) is 52.0 Å². The van der Waals surface area contributed by atoms with Crippen LogP contribution in [0.1, 0.15) is 37.6 Å². The van der Waals surface area contributed by atoms with Crippen molar-refractivity contribution < 1.29 is 4.42 Å². The zero-order valence-electron chi connectivity index (χ0n) is 9.35. The van der Waals surface area contributed by atoms with Crippen LogP contribution >= 0.6 is 0 Å². The molecule has 0 saturated heterocycles. The molecule has 1 heterocycles. The number of aryl methyl sites for hydroxylation is 2. The van der Waals surface area contributed by atoms with Crippen LogP contribution in [0.2, 0.25) is 0 Å². The zero-order chi connectivity index (χ0) is 10.6. The molecule has 0 amide bonds. The van der Waals surface area contributed by atoms with Crippen LogP contribution in [0.25, 0.3) is 0 Å². The molecule has 0 radical (unpaired) electrons. The fourth-order valence-corrected chi connectivity index (χ4v) is 2.19. The number of hydrogen-bond acceptors (Lipinski definition) is 3. The minimum absolute atomic E-state index is 0.00792. The molecule has 78 valence electrons. The molecule has 1 aromatic rings. The van der Waals surface area contributed by atoms with Crippen molar-refractivity contribution >= 4 is 0 Å². The van der Waals surface area contributed by atoms with E-state index in [1.165, 1.54) is 0 Å². The third-order valence-electron chi connectivity index (χ3n) is 3.70. The van der Waals surface area contributed by atoms with Crippen LogP contribution in [0.15, 0.2) is 4.42 Å². The van der Waals surface area contributed by atoms with Gasteiger partial charge in [-0.05, 0) is 25.7 Å². The molecule has 1 aromatic heterocycles. The maximum atomic E-state index is 5.84. The van der Waals surface area contributed by atoms with Crippen molar-refractivity contribution in [2.75, 3.05) is 6.54 Å². The van der Waals surface area contributed by atoms with Crippen molar-refractivity contribution in [2.45, 2.75) is 39.5 Å². The first-order valence-electron chi connectivity index (χ1n) is 5.07. The van der Waals surface area contributed by atoms with E-state index in [0.29, 0.717) is 6.54 Å². The van der Waals surface area contributed by atoms with E-state index < -0.39 is 0 Å². The molecule has 3 heteroatoms. The molecule has 1 unspecified atom stereocenters. The Balaban J connectivity index is 2.40. The van der Waals surface area contributed by atoms with Gasteiger partial charge in [0.2, 0.25) is 5.89 Å². The number of oxazole rings is 1. The van der Waals surface area contributed by atoms with Crippen LogP contribution < -0.4 is 5.73 Å². The van der Waals surface area contributed by atoms with Gasteiger partial charge in [0, 0.05) is 6.54 Å². The smallest absolute Gasteiger partial charge is 0.202 e. The van der Waals surface area contributed by atoms with Gasteiger partial charge in [0.05, 0.1) is 11.1 Å². The molecule has 1 atom stereocenters. The molecule has 1 aliphatic rings. The summed E-state index contributed by atoms with van der Waals surface area (Å²) in [5, 5.41) is 0. The number of aromatic nitrogens is 1. The summed E-state index contributed by atoms with van der Waals surface area (Å²) in [6.07, 6.45) is 1.08. The minimum atomic E-state index is -0.00792. The predicted octanol–water partition coefficient (Wildman–Crippen LogP) is 1.92. The second-order valence-corrected chi connectivity index (χ2v) is 5.01. The molecule has 2 N–H and O–H groups in total. The number of hydrogen-bond donors (Lipinski definition) is 1. The SMILES string of the molecule is Cc1nc(C2(CN)CC2(C)C)oc1C. The first-order chi connectivity index (χ1) is 6.43. The van der Waals surface area contributed by atoms with Gasteiger partial charge < -0.3 is 10.2 Å². The molecule has 1 saturated carbocycles. The lowest BCUT2D eigenvalue weighted by Crippen LogP contribution is -2.25. The Kier molecular flexibility index (Phi) is 1.80. The molecule has 0 spiro atoms. The Morgan fingerprint density at radius 2 is 2.00 bits per heavy atom. The molecule has 0 aliphatic heterocycles. The summed E-state index contributed by atoms with van der Waals surface area (Å²) in [5.41, 5.74) is 7.05. The van der Waals surface area contributed by atoms with E-state index in [4.69, 9.17) is 10.2 Å². The van der Waals surface area contributed by atoms with E-state index in [2.05, 4.69) is 18.8 Å². The lowest BCUT2D eigenvalue weighted by molar-refractivity contribution is 0.373. The van der Waals surface area contributed by atoms with Crippen LogP contribution in [-0.2, 0) is 5.41 Å². The van der Waals surface area contributed by atoms with Gasteiger partial charge in [0.1, 0.15) is 5.76 Å². The highest BCUT2D eigenvalue weighted by molar-refractivity contribution is 5.28. The van der Waals surface area contributed by atoms with Gasteiger partial charge in [-0.3, -0.25) is 0 Å². The quantitative estimate of drug-likeness (QED) is 0.782. The molecular weight excluding hydrogens is 176 g/mol. The predicted molar refractivity (Wildman–Crippen MR) is 55.1 cm³/mol. The Bertz CT molecular complexity index is 348. The number of nitrogens with zero attached hydrogens (tertiary/aromatic N) is 1. The summed E-state index contributed by atoms with van der Waals surface area (Å²) in [4.78, 5) is 4.46. The van der Waals surface area contributed by atoms with Crippen LogP contribution in [0.3, 0.4) is 0 Å². The Morgan fingerprint density at radius 1 is 1.43 bits per heavy atom. The van der Waals surface area contributed by atoms with E-state index in [-0.39, 0.29) is 10.8 Å². The summed E-state index contributed by atoms with van der Waals surface area (Å²) in [6, 6.07) is 0. The monoisotopic (exact) mass is 194 g/mol. The Hall–Kier alpha value is -0.830. The average Bonchev–Trinajstić information content (AvgIpc) is 2.52. The van der Waals surface area contributed by atoms with Crippen molar-refractivity contribution in [2.24, 2.45) is 11.1 Å². The van der Waals surface area contributed by atoms with Crippen molar-refractivity contribution in [3.8, 4) is 0 Å². The van der Waals surface area contributed by atoms with Gasteiger partial charge in [-0.15, -0.1) is 0 Å². The molecule has 2 rings (SSSR count). The maximum absolute atomic E-state index is 5.84. The van der Waals surface area contributed by atoms with Gasteiger partial charge in [0.25, 0.3) is 0 Å². The molecule has 1 aliphatic carbocycles. The van der Waals surface area contributed by atoms with Gasteiger partial charge in [-0.1, -0.05) is 13.8 Å². The molecule has 0 aromatic carbocycles. The average molecular weight is 194 g/mol. The third-order valence-corrected chi connectivity index (χ3v) is 3.70. The summed E-state index contributed by atoms with van der Waals surface area (Å²) in [5.74, 6) is 1.75. The lowest BCUT2D eigenvalue weighted by atomic mass is 9.96. The largest absolute Gasteiger partial charge is 0.445 e. The first kappa shape index (κ1) is 9.71. The zero-order valence-corrected chi connectivity index (χ0v) is 9.35. The minimum Gasteiger partial charge on any atom is -0.445 e. The second-order valence-electron chi connectivity index (χ2n) is 5.01. The summed E-state index contributed by atoms with van der Waals surface area (Å²) in [7, 11) is 0. The molecule has 3 nitrogen and oxygen atoms in total. The standard InChI is InChI=1S/C11H18N2O/c1-7-8(2)14-9(13-7)11(6-12)5-10(11,3)4/h5-6,12H2,1-4H3. The highest BCUT2D eigenvalue weighted by Crippen LogP contribution is 2.63. The lowest BCUT2D eigenvalue weighted by Gasteiger charge is -2.13. The molecule has 1 fully saturated rings. The number of rotatable bonds is 2. The molecule has 14 heavy (non-hydrogen) atoms. The first-order valence-corrected chi connectivity index (χ1v) is 5.07. The van der Waals surface area contributed by atoms with Crippen molar-refractivity contribution in [3.05, 3.63) is 17.3 Å². The van der Waals surface area contributed by atoms with E-state index in [1.807, 2.05) is 13.8 Å². The normalized spacial score (nSPS) is 29.2. The van der Waals surface area contributed by atoms with Crippen LogP contribution in [0.5, 0.6) is 0 Å². The van der Waals surface area contributed by atoms with Crippen LogP contribution in [-0.4, -0.2) is 11.5 Å². The maximum Gasteiger partial charge on any atom is 0.202 e. The summed E-state index contributed by atoms with van der Waals surface area (Å²) >= 11 is 0. The van der Waals surface area contributed by atoms with Crippen molar-refractivity contribution in [1.29, 1.82) is 0 Å². The van der Waals surface area contributed by atoms with Crippen LogP contribution in [0.4, 0.5) is 0 Å². The summed E-state index contributed by atoms with van der Waals surface area (Å²) in [6.45, 7) is 8.98. The number of nitrogens with two attached hydrogens (primary N) is 1. The fourth-order valence-electron chi connectivity index (χ4n) is 2.19. The second kappa shape index (κ2) is 2.60. The third kappa shape index (κ3) is 1.05. The van der Waals surface area contributed by atoms with E-state index in [1.54, 1.807) is 0 Å². The van der Waals surface area contributed by atoms with E-state index in [9.17, 15) is 0 Å². The van der Waals surface area contributed by atoms with Crippen molar-refractivity contribution in [1.82, 2.24) is 4.98 Å². The van der Waals surface area contributed by atoms with Gasteiger partial charge in [-0.25, -0.2) is 4.98 Å². The summed E-state index contributed by atoms with van der Waals surface area (Å²) < 4.78 is 5.68. The Morgan fingerprint density at radius 3 is 2.29 bits per heavy atom. The highest BCUT2D eigenvalue weighted by atomic mass is 16.4. The van der Waals surface area contributed by atoms with Gasteiger partial charge >= 0.3 is 0 Å². The molecule has 0 bridgehead atoms. The Labute approximate surface area is 84.7 Å². The van der Waals surface area contributed by atoms with Crippen LogP contribution in [0, 0.1) is 19.3 Å². The van der Waals surface area contributed by atoms with Crippen molar-refractivity contribution in [3.63, 3.8) is 0 Å². The van der Waals surface area contributed by atoms with Gasteiger partial charge in [0.15, 0.2) is 0 Å². The highest BCUT2D eigenvalue weighted by Gasteiger charge is 2.64. The van der Waals surface area contributed by atoms with Gasteiger partial charge in [-0.2, -0.15) is 0 Å². The van der Waals surface area contributed by atoms with E-state index in [0.717, 1.165) is 23.8 Å². The molecular formula is C11H18N2O. The fraction of sp³-hybridized carbons (Fsp3) is 0.727. The van der Waals surface area contributed by atoms with E-state index >= 15 is 0 Å².